The van der Waals surface area contributed by atoms with Gasteiger partial charge < -0.3 is 33.8 Å². The first-order valence-electron chi connectivity index (χ1n) is 35.8. The van der Waals surface area contributed by atoms with E-state index >= 15 is 0 Å². The van der Waals surface area contributed by atoms with Crippen LogP contribution in [0.3, 0.4) is 0 Å². The van der Waals surface area contributed by atoms with E-state index in [9.17, 15) is 43.2 Å². The van der Waals surface area contributed by atoms with Crippen molar-refractivity contribution in [1.29, 1.82) is 0 Å². The average Bonchev–Trinajstić information content (AvgIpc) is 3.68. The van der Waals surface area contributed by atoms with Crippen molar-refractivity contribution in [3.63, 3.8) is 0 Å². The predicted octanol–water partition coefficient (Wildman–Crippen LogP) is 19.3. The Bertz CT molecular complexity index is 1750. The minimum atomic E-state index is -4.95. The Morgan fingerprint density at radius 3 is 0.807 bits per heavy atom. The molecule has 0 rings (SSSR count). The van der Waals surface area contributed by atoms with Crippen molar-refractivity contribution in [3.8, 4) is 0 Å². The van der Waals surface area contributed by atoms with Gasteiger partial charge in [0.2, 0.25) is 0 Å². The highest BCUT2D eigenvalue weighted by Gasteiger charge is 2.30. The fourth-order valence-electron chi connectivity index (χ4n) is 10.2. The molecule has 0 saturated carbocycles. The van der Waals surface area contributed by atoms with Crippen LogP contribution in [0.1, 0.15) is 338 Å². The molecule has 0 aliphatic heterocycles. The molecule has 522 valence electrons. The zero-order valence-corrected chi connectivity index (χ0v) is 59.1. The summed E-state index contributed by atoms with van der Waals surface area (Å²) in [6.45, 7) is 14.1. The average molecular weight is 1300 g/mol. The van der Waals surface area contributed by atoms with Gasteiger partial charge in [-0.25, -0.2) is 9.13 Å². The summed E-state index contributed by atoms with van der Waals surface area (Å²) in [7, 11) is -9.90. The second-order valence-electron chi connectivity index (χ2n) is 26.4. The molecule has 0 radical (unpaired) electrons. The molecule has 0 saturated heterocycles. The zero-order valence-electron chi connectivity index (χ0n) is 57.3. The fraction of sp³-hybridized carbons (Fsp3) is 0.942. The van der Waals surface area contributed by atoms with Crippen molar-refractivity contribution in [3.05, 3.63) is 0 Å². The molecule has 17 nitrogen and oxygen atoms in total. The molecule has 0 spiro atoms. The van der Waals surface area contributed by atoms with Gasteiger partial charge in [-0.05, 0) is 49.4 Å². The summed E-state index contributed by atoms with van der Waals surface area (Å²) < 4.78 is 68.2. The number of esters is 4. The van der Waals surface area contributed by atoms with Crippen LogP contribution >= 0.6 is 15.6 Å². The van der Waals surface area contributed by atoms with Gasteiger partial charge in [-0.3, -0.25) is 37.3 Å². The standard InChI is InChI=1S/C69H134O17P2/c1-9-61(7)47-39-31-22-17-19-24-33-41-49-66(71)79-55-64(86-69(74)52-44-36-26-20-18-23-32-40-48-62(8)10-2)57-83-87(75,76)81-53-63(70)54-82-88(77,78)84-58-65(56-80-67(72)50-42-34-28-27-30-38-46-60(5)6)85-68(73)51-43-35-25-16-14-12-11-13-15-21-29-37-45-59(3)4/h59-65,70H,9-58H2,1-8H3,(H,75,76)(H,77,78)/t61?,62?,63-,64-,65-/m1/s1. The molecule has 0 fully saturated rings. The number of hydrogen-bond donors (Lipinski definition) is 3. The van der Waals surface area contributed by atoms with E-state index in [1.807, 2.05) is 0 Å². The first-order chi connectivity index (χ1) is 42.2. The molecule has 0 bridgehead atoms. The van der Waals surface area contributed by atoms with Gasteiger partial charge in [0.25, 0.3) is 0 Å². The smallest absolute Gasteiger partial charge is 0.462 e. The Morgan fingerprint density at radius 1 is 0.318 bits per heavy atom. The van der Waals surface area contributed by atoms with Crippen molar-refractivity contribution in [2.24, 2.45) is 23.7 Å². The topological polar surface area (TPSA) is 237 Å². The fourth-order valence-corrected chi connectivity index (χ4v) is 11.8. The molecule has 19 heteroatoms. The largest absolute Gasteiger partial charge is 0.472 e. The first-order valence-corrected chi connectivity index (χ1v) is 38.8. The van der Waals surface area contributed by atoms with E-state index in [4.69, 9.17) is 37.0 Å². The van der Waals surface area contributed by atoms with Crippen LogP contribution < -0.4 is 0 Å². The number of aliphatic hydroxyl groups is 1. The van der Waals surface area contributed by atoms with Crippen LogP contribution in [0, 0.1) is 23.7 Å². The Labute approximate surface area is 537 Å². The van der Waals surface area contributed by atoms with E-state index in [1.54, 1.807) is 0 Å². The lowest BCUT2D eigenvalue weighted by molar-refractivity contribution is -0.161. The van der Waals surface area contributed by atoms with Crippen LogP contribution in [-0.2, 0) is 65.4 Å². The van der Waals surface area contributed by atoms with Gasteiger partial charge in [0, 0.05) is 25.7 Å². The second kappa shape index (κ2) is 58.8. The number of ether oxygens (including phenoxy) is 4. The van der Waals surface area contributed by atoms with E-state index in [2.05, 4.69) is 55.4 Å². The summed E-state index contributed by atoms with van der Waals surface area (Å²) >= 11 is 0. The Morgan fingerprint density at radius 2 is 0.545 bits per heavy atom. The molecule has 0 aromatic carbocycles. The van der Waals surface area contributed by atoms with Crippen LogP contribution in [0.2, 0.25) is 0 Å². The molecule has 88 heavy (non-hydrogen) atoms. The Balaban J connectivity index is 5.25. The quantitative estimate of drug-likeness (QED) is 0.0222. The second-order valence-corrected chi connectivity index (χ2v) is 29.3. The SMILES string of the molecule is CCC(C)CCCCCCCCCCC(=O)OC[C@H](COP(=O)(O)OC[C@@H](O)COP(=O)(O)OC[C@@H](COC(=O)CCCCCCCCC(C)C)OC(=O)CCCCCCCCCCCCCCC(C)C)OC(=O)CCCCCCCCCCC(C)CC. The van der Waals surface area contributed by atoms with Crippen LogP contribution in [0.25, 0.3) is 0 Å². The predicted molar refractivity (Wildman–Crippen MR) is 354 cm³/mol. The lowest BCUT2D eigenvalue weighted by Gasteiger charge is -2.21. The third-order valence-corrected chi connectivity index (χ3v) is 18.4. The number of carbonyl (C=O) groups is 4. The lowest BCUT2D eigenvalue weighted by atomic mass is 9.99. The van der Waals surface area contributed by atoms with Crippen LogP contribution in [0.5, 0.6) is 0 Å². The number of phosphoric ester groups is 2. The van der Waals surface area contributed by atoms with Crippen molar-refractivity contribution in [2.45, 2.75) is 356 Å². The van der Waals surface area contributed by atoms with Crippen molar-refractivity contribution < 1.29 is 80.2 Å². The number of hydrogen-bond acceptors (Lipinski definition) is 15. The van der Waals surface area contributed by atoms with Gasteiger partial charge in [-0.2, -0.15) is 0 Å². The summed E-state index contributed by atoms with van der Waals surface area (Å²) in [5.41, 5.74) is 0. The normalized spacial score (nSPS) is 14.9. The highest BCUT2D eigenvalue weighted by atomic mass is 31.2. The molecule has 0 aromatic heterocycles. The highest BCUT2D eigenvalue weighted by Crippen LogP contribution is 2.45. The van der Waals surface area contributed by atoms with Gasteiger partial charge >= 0.3 is 39.5 Å². The van der Waals surface area contributed by atoms with E-state index in [0.717, 1.165) is 114 Å². The molecule has 4 unspecified atom stereocenters. The summed E-state index contributed by atoms with van der Waals surface area (Å²) in [4.78, 5) is 72.5. The number of rotatable bonds is 66. The van der Waals surface area contributed by atoms with Crippen LogP contribution in [0.4, 0.5) is 0 Å². The summed E-state index contributed by atoms with van der Waals surface area (Å²) in [5.74, 6) is 0.870. The zero-order chi connectivity index (χ0) is 65.4. The Kier molecular flexibility index (Phi) is 57.6. The van der Waals surface area contributed by atoms with Crippen LogP contribution in [-0.4, -0.2) is 96.7 Å². The minimum Gasteiger partial charge on any atom is -0.462 e. The molecule has 0 amide bonds. The van der Waals surface area contributed by atoms with Gasteiger partial charge in [0.1, 0.15) is 19.3 Å². The van der Waals surface area contributed by atoms with E-state index in [1.165, 1.54) is 135 Å². The molecule has 0 aliphatic carbocycles. The Hall–Kier alpha value is -1.94. The van der Waals surface area contributed by atoms with Crippen molar-refractivity contribution >= 4 is 39.5 Å². The van der Waals surface area contributed by atoms with E-state index < -0.39 is 97.5 Å². The molecular weight excluding hydrogens is 1160 g/mol. The maximum Gasteiger partial charge on any atom is 0.472 e. The first kappa shape index (κ1) is 86.1. The maximum absolute atomic E-state index is 13.0. The van der Waals surface area contributed by atoms with Crippen molar-refractivity contribution in [2.75, 3.05) is 39.6 Å². The highest BCUT2D eigenvalue weighted by molar-refractivity contribution is 7.47. The molecule has 0 aromatic rings. The van der Waals surface area contributed by atoms with Gasteiger partial charge in [-0.15, -0.1) is 0 Å². The third-order valence-electron chi connectivity index (χ3n) is 16.5. The van der Waals surface area contributed by atoms with Gasteiger partial charge in [-0.1, -0.05) is 287 Å². The lowest BCUT2D eigenvalue weighted by Crippen LogP contribution is -2.30. The molecule has 0 aliphatic rings. The minimum absolute atomic E-state index is 0.104. The van der Waals surface area contributed by atoms with Gasteiger partial charge in [0.15, 0.2) is 12.2 Å². The van der Waals surface area contributed by atoms with E-state index in [0.29, 0.717) is 31.6 Å². The summed E-state index contributed by atoms with van der Waals surface area (Å²) in [6.07, 6.45) is 40.3. The molecule has 0 heterocycles. The maximum atomic E-state index is 13.0. The number of phosphoric acid groups is 2. The van der Waals surface area contributed by atoms with Crippen LogP contribution in [0.15, 0.2) is 0 Å². The van der Waals surface area contributed by atoms with Crippen molar-refractivity contribution in [1.82, 2.24) is 0 Å². The van der Waals surface area contributed by atoms with Gasteiger partial charge in [0.05, 0.1) is 26.4 Å². The molecular formula is C69H134O17P2. The number of unbranched alkanes of at least 4 members (excludes halogenated alkanes) is 30. The van der Waals surface area contributed by atoms with E-state index in [-0.39, 0.29) is 25.7 Å². The molecule has 7 atom stereocenters. The number of aliphatic hydroxyl groups excluding tert-OH is 1. The third kappa shape index (κ3) is 60.3. The monoisotopic (exact) mass is 1300 g/mol. The molecule has 3 N–H and O–H groups in total. The summed E-state index contributed by atoms with van der Waals surface area (Å²) in [6, 6.07) is 0. The summed E-state index contributed by atoms with van der Waals surface area (Å²) in [5, 5.41) is 10.6. The number of carbonyl (C=O) groups excluding carboxylic acids is 4.